The fraction of sp³-hybridized carbons (Fsp3) is 0.348. The Hall–Kier alpha value is -4.22. The Bertz CT molecular complexity index is 1410. The fourth-order valence-electron chi connectivity index (χ4n) is 4.27. The highest BCUT2D eigenvalue weighted by molar-refractivity contribution is 6.04. The van der Waals surface area contributed by atoms with Crippen molar-refractivity contribution in [3.63, 3.8) is 0 Å². The monoisotopic (exact) mass is 477 g/mol. The smallest absolute Gasteiger partial charge is 0.275 e. The molecule has 3 aromatic heterocycles. The molecular formula is C23H24FN9O2. The minimum atomic E-state index is -1.15. The van der Waals surface area contributed by atoms with Crippen LogP contribution in [0.1, 0.15) is 49.7 Å². The molecule has 11 nitrogen and oxygen atoms in total. The molecule has 1 aliphatic rings. The molecule has 180 valence electrons. The van der Waals surface area contributed by atoms with E-state index in [1.165, 1.54) is 21.9 Å². The summed E-state index contributed by atoms with van der Waals surface area (Å²) in [6.07, 6.45) is 1.57. The van der Waals surface area contributed by atoms with Gasteiger partial charge in [0.1, 0.15) is 17.1 Å². The number of rotatable bonds is 4. The number of halogens is 1. The number of H-pyrrole nitrogens is 1. The van der Waals surface area contributed by atoms with Crippen molar-refractivity contribution < 1.29 is 14.0 Å². The molecule has 35 heavy (non-hydrogen) atoms. The summed E-state index contributed by atoms with van der Waals surface area (Å²) in [5.41, 5.74) is 1.88. The molecule has 1 fully saturated rings. The number of carbonyl (C=O) groups excluding carboxylic acids is 2. The molecule has 0 bridgehead atoms. The van der Waals surface area contributed by atoms with Gasteiger partial charge in [0.15, 0.2) is 5.65 Å². The van der Waals surface area contributed by atoms with E-state index in [2.05, 4.69) is 30.7 Å². The molecule has 0 atom stereocenters. The summed E-state index contributed by atoms with van der Waals surface area (Å²) < 4.78 is 15.0. The second kappa shape index (κ2) is 8.22. The summed E-state index contributed by atoms with van der Waals surface area (Å²) in [5.74, 6) is -0.754. The number of amides is 2. The van der Waals surface area contributed by atoms with Crippen LogP contribution in [0.25, 0.3) is 16.9 Å². The van der Waals surface area contributed by atoms with E-state index in [1.54, 1.807) is 36.7 Å². The second-order valence-electron chi connectivity index (χ2n) is 9.23. The number of anilines is 1. The van der Waals surface area contributed by atoms with Crippen molar-refractivity contribution in [2.24, 2.45) is 0 Å². The summed E-state index contributed by atoms with van der Waals surface area (Å²) in [5, 5.41) is 18.2. The largest absolute Gasteiger partial charge is 0.321 e. The number of hydrogen-bond acceptors (Lipinski definition) is 7. The highest BCUT2D eigenvalue weighted by Gasteiger charge is 2.46. The molecule has 0 saturated carbocycles. The van der Waals surface area contributed by atoms with Crippen molar-refractivity contribution in [1.29, 1.82) is 0 Å². The van der Waals surface area contributed by atoms with Gasteiger partial charge in [0.2, 0.25) is 0 Å². The Balaban J connectivity index is 1.51. The summed E-state index contributed by atoms with van der Waals surface area (Å²) >= 11 is 0. The quantitative estimate of drug-likeness (QED) is 0.479. The van der Waals surface area contributed by atoms with Gasteiger partial charge in [-0.15, -0.1) is 5.10 Å². The van der Waals surface area contributed by atoms with Crippen LogP contribution in [0.2, 0.25) is 0 Å². The van der Waals surface area contributed by atoms with E-state index in [0.717, 1.165) is 11.1 Å². The number of carbonyl (C=O) groups is 2. The van der Waals surface area contributed by atoms with Crippen molar-refractivity contribution in [2.75, 3.05) is 18.0 Å². The first-order valence-corrected chi connectivity index (χ1v) is 11.2. The number of fused-ring (bicyclic) bond motifs is 1. The summed E-state index contributed by atoms with van der Waals surface area (Å²) in [6, 6.07) is 7.99. The SMILES string of the molecule is CC(C)c1cc(-c2ccc(F)cc2)nn2cc(C(=O)N3CCN(c4nn[nH]n4)C(=O)C3(C)C)nc12. The van der Waals surface area contributed by atoms with Gasteiger partial charge in [0.25, 0.3) is 17.8 Å². The van der Waals surface area contributed by atoms with E-state index in [4.69, 9.17) is 0 Å². The maximum absolute atomic E-state index is 13.6. The lowest BCUT2D eigenvalue weighted by Gasteiger charge is -2.44. The van der Waals surface area contributed by atoms with Crippen molar-refractivity contribution in [2.45, 2.75) is 39.2 Å². The van der Waals surface area contributed by atoms with Crippen LogP contribution >= 0.6 is 0 Å². The molecule has 2 amide bonds. The van der Waals surface area contributed by atoms with Gasteiger partial charge in [-0.1, -0.05) is 18.9 Å². The lowest BCUT2D eigenvalue weighted by atomic mass is 9.97. The first-order valence-electron chi connectivity index (χ1n) is 11.2. The van der Waals surface area contributed by atoms with Crippen LogP contribution in [-0.2, 0) is 4.79 Å². The Morgan fingerprint density at radius 1 is 1.17 bits per heavy atom. The van der Waals surface area contributed by atoms with Gasteiger partial charge in [0.05, 0.1) is 11.9 Å². The highest BCUT2D eigenvalue weighted by atomic mass is 19.1. The molecule has 4 heterocycles. The van der Waals surface area contributed by atoms with E-state index in [-0.39, 0.29) is 48.3 Å². The fourth-order valence-corrected chi connectivity index (χ4v) is 4.27. The molecule has 0 aliphatic carbocycles. The van der Waals surface area contributed by atoms with Gasteiger partial charge in [-0.3, -0.25) is 14.5 Å². The Labute approximate surface area is 199 Å². The van der Waals surface area contributed by atoms with Crippen molar-refractivity contribution in [3.8, 4) is 11.3 Å². The first-order chi connectivity index (χ1) is 16.7. The molecule has 1 N–H and O–H groups in total. The zero-order chi connectivity index (χ0) is 24.9. The number of aromatic amines is 1. The van der Waals surface area contributed by atoms with E-state index in [1.807, 2.05) is 19.9 Å². The van der Waals surface area contributed by atoms with Gasteiger partial charge < -0.3 is 4.90 Å². The standard InChI is InChI=1S/C23H24FN9O2/c1-13(2)16-11-17(14-5-7-15(24)8-6-14)28-33-12-18(25-19(16)33)20(34)32-10-9-31(21(35)23(32,3)4)22-26-29-30-27-22/h5-8,11-13H,9-10H2,1-4H3,(H,26,27,29,30). The third kappa shape index (κ3) is 3.80. The van der Waals surface area contributed by atoms with Gasteiger partial charge in [-0.25, -0.2) is 13.9 Å². The normalized spacial score (nSPS) is 15.9. The topological polar surface area (TPSA) is 125 Å². The maximum Gasteiger partial charge on any atom is 0.275 e. The summed E-state index contributed by atoms with van der Waals surface area (Å²) in [4.78, 5) is 34.2. The van der Waals surface area contributed by atoms with E-state index in [0.29, 0.717) is 11.3 Å². The van der Waals surface area contributed by atoms with Crippen LogP contribution in [0, 0.1) is 5.82 Å². The lowest BCUT2D eigenvalue weighted by Crippen LogP contribution is -2.65. The number of piperazine rings is 1. The van der Waals surface area contributed by atoms with Gasteiger partial charge in [-0.05, 0) is 55.3 Å². The molecular weight excluding hydrogens is 453 g/mol. The number of hydrogen-bond donors (Lipinski definition) is 1. The van der Waals surface area contributed by atoms with Crippen LogP contribution in [0.3, 0.4) is 0 Å². The number of aromatic nitrogens is 7. The molecule has 1 aromatic carbocycles. The Kier molecular flexibility index (Phi) is 5.30. The minimum Gasteiger partial charge on any atom is -0.321 e. The number of tetrazole rings is 1. The van der Waals surface area contributed by atoms with Crippen molar-refractivity contribution in [1.82, 2.24) is 40.1 Å². The van der Waals surface area contributed by atoms with Crippen LogP contribution in [0.15, 0.2) is 36.5 Å². The molecule has 4 aromatic rings. The molecule has 1 aliphatic heterocycles. The predicted molar refractivity (Wildman–Crippen MR) is 124 cm³/mol. The number of imidazole rings is 1. The number of benzene rings is 1. The maximum atomic E-state index is 13.6. The predicted octanol–water partition coefficient (Wildman–Crippen LogP) is 2.44. The van der Waals surface area contributed by atoms with Gasteiger partial charge >= 0.3 is 0 Å². The highest BCUT2D eigenvalue weighted by Crippen LogP contribution is 2.29. The molecule has 1 saturated heterocycles. The third-order valence-corrected chi connectivity index (χ3v) is 6.25. The van der Waals surface area contributed by atoms with E-state index in [9.17, 15) is 14.0 Å². The van der Waals surface area contributed by atoms with E-state index < -0.39 is 5.54 Å². The number of nitrogens with zero attached hydrogens (tertiary/aromatic N) is 8. The van der Waals surface area contributed by atoms with Gasteiger partial charge in [-0.2, -0.15) is 10.3 Å². The first kappa shape index (κ1) is 22.6. The number of nitrogens with one attached hydrogen (secondary N) is 1. The third-order valence-electron chi connectivity index (χ3n) is 6.25. The molecule has 0 spiro atoms. The average Bonchev–Trinajstić information content (AvgIpc) is 3.50. The second-order valence-corrected chi connectivity index (χ2v) is 9.23. The zero-order valence-corrected chi connectivity index (χ0v) is 19.7. The van der Waals surface area contributed by atoms with Crippen molar-refractivity contribution in [3.05, 3.63) is 53.6 Å². The minimum absolute atomic E-state index is 0.0987. The zero-order valence-electron chi connectivity index (χ0n) is 19.7. The Morgan fingerprint density at radius 2 is 1.91 bits per heavy atom. The lowest BCUT2D eigenvalue weighted by molar-refractivity contribution is -0.130. The molecule has 12 heteroatoms. The van der Waals surface area contributed by atoms with Crippen LogP contribution < -0.4 is 4.90 Å². The molecule has 0 unspecified atom stereocenters. The van der Waals surface area contributed by atoms with Gasteiger partial charge in [0, 0.05) is 24.2 Å². The van der Waals surface area contributed by atoms with Crippen LogP contribution in [0.5, 0.6) is 0 Å². The van der Waals surface area contributed by atoms with E-state index >= 15 is 0 Å². The molecule has 0 radical (unpaired) electrons. The van der Waals surface area contributed by atoms with Crippen LogP contribution in [-0.4, -0.2) is 70.6 Å². The summed E-state index contributed by atoms with van der Waals surface area (Å²) in [6.45, 7) is 7.91. The summed E-state index contributed by atoms with van der Waals surface area (Å²) in [7, 11) is 0. The molecule has 5 rings (SSSR count). The Morgan fingerprint density at radius 3 is 2.57 bits per heavy atom. The average molecular weight is 478 g/mol. The van der Waals surface area contributed by atoms with Crippen molar-refractivity contribution >= 4 is 23.4 Å². The van der Waals surface area contributed by atoms with Crippen LogP contribution in [0.4, 0.5) is 10.3 Å².